The molecule has 7 heteroatoms. The van der Waals surface area contributed by atoms with Crippen molar-refractivity contribution in [3.8, 4) is 11.3 Å². The first-order valence-electron chi connectivity index (χ1n) is 9.10. The van der Waals surface area contributed by atoms with E-state index in [1.54, 1.807) is 21.1 Å². The molecule has 1 fully saturated rings. The number of carbonyl (C=O) groups excluding carboxylic acids is 2. The van der Waals surface area contributed by atoms with E-state index in [4.69, 9.17) is 4.74 Å². The average Bonchev–Trinajstić information content (AvgIpc) is 3.17. The van der Waals surface area contributed by atoms with Gasteiger partial charge in [-0.05, 0) is 12.8 Å². The summed E-state index contributed by atoms with van der Waals surface area (Å²) in [6.07, 6.45) is 1.40. The SMILES string of the molecule is COCC(=O)N1CCC(C(=O)N(C)Cc2nc(-c3ccccc3)cs2)CC1. The third-order valence-electron chi connectivity index (χ3n) is 4.83. The molecule has 144 valence electrons. The van der Waals surface area contributed by atoms with Gasteiger partial charge < -0.3 is 14.5 Å². The Kier molecular flexibility index (Phi) is 6.58. The smallest absolute Gasteiger partial charge is 0.248 e. The molecule has 2 aromatic rings. The Morgan fingerprint density at radius 3 is 2.63 bits per heavy atom. The molecule has 0 radical (unpaired) electrons. The molecule has 1 aromatic carbocycles. The van der Waals surface area contributed by atoms with E-state index in [9.17, 15) is 9.59 Å². The lowest BCUT2D eigenvalue weighted by Gasteiger charge is -2.33. The Bertz CT molecular complexity index is 770. The van der Waals surface area contributed by atoms with Gasteiger partial charge in [-0.1, -0.05) is 30.3 Å². The van der Waals surface area contributed by atoms with Gasteiger partial charge in [0.15, 0.2) is 0 Å². The highest BCUT2D eigenvalue weighted by Crippen LogP contribution is 2.24. The number of amides is 2. The van der Waals surface area contributed by atoms with Gasteiger partial charge in [-0.3, -0.25) is 9.59 Å². The van der Waals surface area contributed by atoms with Gasteiger partial charge in [-0.25, -0.2) is 4.98 Å². The van der Waals surface area contributed by atoms with E-state index in [0.717, 1.165) is 16.3 Å². The van der Waals surface area contributed by atoms with Gasteiger partial charge in [0, 0.05) is 44.1 Å². The molecule has 0 saturated carbocycles. The number of hydrogen-bond acceptors (Lipinski definition) is 5. The molecule has 0 N–H and O–H groups in total. The second-order valence-corrected chi connectivity index (χ2v) is 7.72. The molecule has 6 nitrogen and oxygen atoms in total. The number of ether oxygens (including phenoxy) is 1. The van der Waals surface area contributed by atoms with Crippen LogP contribution in [-0.2, 0) is 20.9 Å². The molecule has 0 unspecified atom stereocenters. The number of rotatable bonds is 6. The molecular weight excluding hydrogens is 362 g/mol. The van der Waals surface area contributed by atoms with Crippen molar-refractivity contribution in [2.45, 2.75) is 19.4 Å². The Morgan fingerprint density at radius 1 is 1.26 bits per heavy atom. The van der Waals surface area contributed by atoms with E-state index < -0.39 is 0 Å². The maximum absolute atomic E-state index is 12.8. The minimum absolute atomic E-state index is 0.00650. The first-order chi connectivity index (χ1) is 13.1. The molecule has 1 aliphatic rings. The van der Waals surface area contributed by atoms with Crippen LogP contribution < -0.4 is 0 Å². The van der Waals surface area contributed by atoms with Crippen LogP contribution in [0, 0.1) is 5.92 Å². The maximum Gasteiger partial charge on any atom is 0.248 e. The zero-order chi connectivity index (χ0) is 19.2. The van der Waals surface area contributed by atoms with Crippen LogP contribution in [-0.4, -0.2) is 60.5 Å². The zero-order valence-corrected chi connectivity index (χ0v) is 16.6. The largest absolute Gasteiger partial charge is 0.375 e. The lowest BCUT2D eigenvalue weighted by atomic mass is 9.95. The van der Waals surface area contributed by atoms with E-state index >= 15 is 0 Å². The second-order valence-electron chi connectivity index (χ2n) is 6.77. The molecule has 2 heterocycles. The number of thiazole rings is 1. The molecule has 2 amide bonds. The van der Waals surface area contributed by atoms with Gasteiger partial charge in [0.25, 0.3) is 0 Å². The summed E-state index contributed by atoms with van der Waals surface area (Å²) >= 11 is 1.57. The molecule has 1 aromatic heterocycles. The predicted molar refractivity (Wildman–Crippen MR) is 105 cm³/mol. The molecule has 0 bridgehead atoms. The predicted octanol–water partition coefficient (Wildman–Crippen LogP) is 2.65. The Hall–Kier alpha value is -2.25. The number of aromatic nitrogens is 1. The normalized spacial score (nSPS) is 15.0. The minimum Gasteiger partial charge on any atom is -0.375 e. The number of likely N-dealkylation sites (tertiary alicyclic amines) is 1. The number of nitrogens with zero attached hydrogens (tertiary/aromatic N) is 3. The van der Waals surface area contributed by atoms with Crippen molar-refractivity contribution in [2.24, 2.45) is 5.92 Å². The molecule has 3 rings (SSSR count). The van der Waals surface area contributed by atoms with Crippen LogP contribution in [0.2, 0.25) is 0 Å². The van der Waals surface area contributed by atoms with Crippen LogP contribution in [0.4, 0.5) is 0 Å². The number of carbonyl (C=O) groups is 2. The lowest BCUT2D eigenvalue weighted by Crippen LogP contribution is -2.44. The number of benzene rings is 1. The standard InChI is InChI=1S/C20H25N3O3S/c1-22(12-18-21-17(14-27-18)15-6-4-3-5-7-15)20(25)16-8-10-23(11-9-16)19(24)13-26-2/h3-7,14,16H,8-13H2,1-2H3. The van der Waals surface area contributed by atoms with Crippen molar-refractivity contribution in [3.63, 3.8) is 0 Å². The molecule has 1 saturated heterocycles. The second kappa shape index (κ2) is 9.10. The Balaban J connectivity index is 1.53. The van der Waals surface area contributed by atoms with Gasteiger partial charge in [0.2, 0.25) is 11.8 Å². The average molecular weight is 388 g/mol. The van der Waals surface area contributed by atoms with Gasteiger partial charge in [-0.15, -0.1) is 11.3 Å². The fourth-order valence-corrected chi connectivity index (χ4v) is 4.16. The van der Waals surface area contributed by atoms with Crippen LogP contribution >= 0.6 is 11.3 Å². The highest BCUT2D eigenvalue weighted by atomic mass is 32.1. The zero-order valence-electron chi connectivity index (χ0n) is 15.8. The maximum atomic E-state index is 12.8. The van der Waals surface area contributed by atoms with Crippen LogP contribution in [0.25, 0.3) is 11.3 Å². The van der Waals surface area contributed by atoms with E-state index in [2.05, 4.69) is 4.98 Å². The quantitative estimate of drug-likeness (QED) is 0.764. The van der Waals surface area contributed by atoms with E-state index in [1.807, 2.05) is 42.8 Å². The summed E-state index contributed by atoms with van der Waals surface area (Å²) in [5.41, 5.74) is 2.03. The summed E-state index contributed by atoms with van der Waals surface area (Å²) in [5, 5.41) is 2.96. The third-order valence-corrected chi connectivity index (χ3v) is 5.67. The van der Waals surface area contributed by atoms with Crippen molar-refractivity contribution >= 4 is 23.2 Å². The van der Waals surface area contributed by atoms with Crippen molar-refractivity contribution in [1.29, 1.82) is 0 Å². The summed E-state index contributed by atoms with van der Waals surface area (Å²) < 4.78 is 4.90. The van der Waals surface area contributed by atoms with E-state index in [-0.39, 0.29) is 24.3 Å². The van der Waals surface area contributed by atoms with Gasteiger partial charge in [-0.2, -0.15) is 0 Å². The highest BCUT2D eigenvalue weighted by Gasteiger charge is 2.29. The first-order valence-corrected chi connectivity index (χ1v) is 9.98. The summed E-state index contributed by atoms with van der Waals surface area (Å²) in [6.45, 7) is 1.84. The lowest BCUT2D eigenvalue weighted by molar-refractivity contribution is -0.142. The van der Waals surface area contributed by atoms with Crippen LogP contribution in [0.3, 0.4) is 0 Å². The summed E-state index contributed by atoms with van der Waals surface area (Å²) in [7, 11) is 3.35. The summed E-state index contributed by atoms with van der Waals surface area (Å²) in [5.74, 6) is 0.0911. The monoisotopic (exact) mass is 387 g/mol. The van der Waals surface area contributed by atoms with Gasteiger partial charge in [0.1, 0.15) is 11.6 Å². The molecule has 0 spiro atoms. The molecule has 0 atom stereocenters. The fraction of sp³-hybridized carbons (Fsp3) is 0.450. The van der Waals surface area contributed by atoms with Crippen molar-refractivity contribution in [1.82, 2.24) is 14.8 Å². The number of piperidine rings is 1. The van der Waals surface area contributed by atoms with Gasteiger partial charge >= 0.3 is 0 Å². The summed E-state index contributed by atoms with van der Waals surface area (Å²) in [4.78, 5) is 32.8. The molecule has 1 aliphatic heterocycles. The van der Waals surface area contributed by atoms with Crippen LogP contribution in [0.5, 0.6) is 0 Å². The van der Waals surface area contributed by atoms with E-state index in [1.165, 1.54) is 7.11 Å². The van der Waals surface area contributed by atoms with Crippen LogP contribution in [0.15, 0.2) is 35.7 Å². The van der Waals surface area contributed by atoms with E-state index in [0.29, 0.717) is 32.5 Å². The Morgan fingerprint density at radius 2 is 1.96 bits per heavy atom. The third kappa shape index (κ3) is 4.93. The number of methoxy groups -OCH3 is 1. The number of hydrogen-bond donors (Lipinski definition) is 0. The summed E-state index contributed by atoms with van der Waals surface area (Å²) in [6, 6.07) is 10.0. The van der Waals surface area contributed by atoms with Crippen molar-refractivity contribution < 1.29 is 14.3 Å². The minimum atomic E-state index is -0.0323. The Labute approximate surface area is 163 Å². The molecule has 27 heavy (non-hydrogen) atoms. The van der Waals surface area contributed by atoms with Crippen molar-refractivity contribution in [2.75, 3.05) is 33.9 Å². The highest BCUT2D eigenvalue weighted by molar-refractivity contribution is 7.09. The van der Waals surface area contributed by atoms with Crippen molar-refractivity contribution in [3.05, 3.63) is 40.7 Å². The van der Waals surface area contributed by atoms with Gasteiger partial charge in [0.05, 0.1) is 12.2 Å². The first kappa shape index (κ1) is 19.5. The molecular formula is C20H25N3O3S. The molecule has 0 aliphatic carbocycles. The van der Waals surface area contributed by atoms with Crippen LogP contribution in [0.1, 0.15) is 17.8 Å². The fourth-order valence-electron chi connectivity index (χ4n) is 3.31. The topological polar surface area (TPSA) is 62.7 Å².